The van der Waals surface area contributed by atoms with Crippen LogP contribution < -0.4 is 0 Å². The highest BCUT2D eigenvalue weighted by Crippen LogP contribution is 2.51. The smallest absolute Gasteiger partial charge is 0.0272 e. The van der Waals surface area contributed by atoms with Crippen molar-refractivity contribution in [2.75, 3.05) is 0 Å². The van der Waals surface area contributed by atoms with E-state index in [1.165, 1.54) is 38.5 Å². The van der Waals surface area contributed by atoms with E-state index in [1.807, 2.05) is 0 Å². The third-order valence-corrected chi connectivity index (χ3v) is 3.91. The topological polar surface area (TPSA) is 0 Å². The summed E-state index contributed by atoms with van der Waals surface area (Å²) in [5.41, 5.74) is 0.781. The lowest BCUT2D eigenvalue weighted by Crippen LogP contribution is -2.36. The van der Waals surface area contributed by atoms with Crippen LogP contribution in [0, 0.1) is 11.3 Å². The molecular formula is C11H22. The quantitative estimate of drug-likeness (QED) is 0.574. The monoisotopic (exact) mass is 154 g/mol. The summed E-state index contributed by atoms with van der Waals surface area (Å²) in [6.45, 7) is 7.07. The molecule has 0 spiro atoms. The van der Waals surface area contributed by atoms with Crippen LogP contribution >= 0.6 is 0 Å². The number of hydrogen-bond acceptors (Lipinski definition) is 0. The van der Waals surface area contributed by atoms with Gasteiger partial charge in [-0.3, -0.25) is 0 Å². The van der Waals surface area contributed by atoms with E-state index in [1.54, 1.807) is 0 Å². The van der Waals surface area contributed by atoms with E-state index in [0.717, 1.165) is 11.3 Å². The van der Waals surface area contributed by atoms with Gasteiger partial charge in [-0.05, 0) is 24.2 Å². The van der Waals surface area contributed by atoms with Crippen molar-refractivity contribution in [1.82, 2.24) is 0 Å². The van der Waals surface area contributed by atoms with Crippen molar-refractivity contribution in [3.05, 3.63) is 0 Å². The van der Waals surface area contributed by atoms with Crippen LogP contribution in [0.1, 0.15) is 59.3 Å². The van der Waals surface area contributed by atoms with Crippen molar-refractivity contribution < 1.29 is 0 Å². The van der Waals surface area contributed by atoms with Gasteiger partial charge in [0.2, 0.25) is 0 Å². The van der Waals surface area contributed by atoms with Crippen LogP contribution in [0.3, 0.4) is 0 Å². The van der Waals surface area contributed by atoms with Crippen LogP contribution in [0.2, 0.25) is 0 Å². The maximum atomic E-state index is 2.37. The normalized spacial score (nSPS) is 21.8. The summed E-state index contributed by atoms with van der Waals surface area (Å²) in [6.07, 6.45) is 8.71. The summed E-state index contributed by atoms with van der Waals surface area (Å²) in [6, 6.07) is 0. The molecule has 0 aromatic rings. The second-order valence-electron chi connectivity index (χ2n) is 4.08. The highest BCUT2D eigenvalue weighted by molar-refractivity contribution is 4.91. The minimum absolute atomic E-state index is 0.781. The zero-order valence-electron chi connectivity index (χ0n) is 8.32. The highest BCUT2D eigenvalue weighted by Gasteiger charge is 2.40. The van der Waals surface area contributed by atoms with E-state index in [2.05, 4.69) is 20.8 Å². The van der Waals surface area contributed by atoms with Gasteiger partial charge in [-0.1, -0.05) is 46.5 Å². The molecule has 1 fully saturated rings. The molecule has 0 saturated heterocycles. The fourth-order valence-corrected chi connectivity index (χ4v) is 2.84. The standard InChI is InChI=1S/C11H22/c1-4-10(5-2)11(6-3)8-7-9-11/h10H,4-9H2,1-3H3. The molecule has 0 unspecified atom stereocenters. The molecule has 1 rings (SSSR count). The van der Waals surface area contributed by atoms with Crippen molar-refractivity contribution >= 4 is 0 Å². The van der Waals surface area contributed by atoms with Crippen LogP contribution in [-0.2, 0) is 0 Å². The summed E-state index contributed by atoms with van der Waals surface area (Å²) in [5, 5.41) is 0. The Hall–Kier alpha value is 0. The molecule has 1 aliphatic rings. The Bertz CT molecular complexity index is 102. The molecule has 1 saturated carbocycles. The van der Waals surface area contributed by atoms with E-state index in [9.17, 15) is 0 Å². The Morgan fingerprint density at radius 1 is 1.09 bits per heavy atom. The highest BCUT2D eigenvalue weighted by atomic mass is 14.4. The first-order chi connectivity index (χ1) is 5.29. The van der Waals surface area contributed by atoms with Crippen molar-refractivity contribution in [2.45, 2.75) is 59.3 Å². The van der Waals surface area contributed by atoms with Crippen molar-refractivity contribution in [1.29, 1.82) is 0 Å². The zero-order valence-corrected chi connectivity index (χ0v) is 8.32. The SMILES string of the molecule is CCC(CC)C1(CC)CCC1. The van der Waals surface area contributed by atoms with Crippen LogP contribution in [0.5, 0.6) is 0 Å². The molecule has 0 aliphatic heterocycles. The van der Waals surface area contributed by atoms with Crippen molar-refractivity contribution in [3.8, 4) is 0 Å². The van der Waals surface area contributed by atoms with E-state index >= 15 is 0 Å². The molecule has 0 bridgehead atoms. The van der Waals surface area contributed by atoms with E-state index in [0.29, 0.717) is 0 Å². The van der Waals surface area contributed by atoms with Crippen molar-refractivity contribution in [3.63, 3.8) is 0 Å². The largest absolute Gasteiger partial charge is 0.0651 e. The minimum Gasteiger partial charge on any atom is -0.0651 e. The summed E-state index contributed by atoms with van der Waals surface area (Å²) >= 11 is 0. The van der Waals surface area contributed by atoms with Gasteiger partial charge in [0.1, 0.15) is 0 Å². The predicted octanol–water partition coefficient (Wildman–Crippen LogP) is 4.00. The van der Waals surface area contributed by atoms with Crippen LogP contribution in [0.25, 0.3) is 0 Å². The van der Waals surface area contributed by atoms with Gasteiger partial charge < -0.3 is 0 Å². The molecule has 0 aromatic heterocycles. The fourth-order valence-electron chi connectivity index (χ4n) is 2.84. The fraction of sp³-hybridized carbons (Fsp3) is 1.00. The maximum Gasteiger partial charge on any atom is -0.0272 e. The Balaban J connectivity index is 2.51. The summed E-state index contributed by atoms with van der Waals surface area (Å²) in [4.78, 5) is 0. The Morgan fingerprint density at radius 3 is 1.73 bits per heavy atom. The number of hydrogen-bond donors (Lipinski definition) is 0. The molecule has 0 radical (unpaired) electrons. The summed E-state index contributed by atoms with van der Waals surface area (Å²) in [5.74, 6) is 1.02. The van der Waals surface area contributed by atoms with Gasteiger partial charge in [-0.25, -0.2) is 0 Å². The Morgan fingerprint density at radius 2 is 1.64 bits per heavy atom. The van der Waals surface area contributed by atoms with Gasteiger partial charge >= 0.3 is 0 Å². The molecular weight excluding hydrogens is 132 g/mol. The first-order valence-corrected chi connectivity index (χ1v) is 5.29. The molecule has 0 heteroatoms. The molecule has 66 valence electrons. The first-order valence-electron chi connectivity index (χ1n) is 5.29. The predicted molar refractivity (Wildman–Crippen MR) is 50.6 cm³/mol. The van der Waals surface area contributed by atoms with Gasteiger partial charge in [-0.15, -0.1) is 0 Å². The molecule has 11 heavy (non-hydrogen) atoms. The second-order valence-corrected chi connectivity index (χ2v) is 4.08. The third kappa shape index (κ3) is 1.45. The van der Waals surface area contributed by atoms with Crippen molar-refractivity contribution in [2.24, 2.45) is 11.3 Å². The third-order valence-electron chi connectivity index (χ3n) is 3.91. The van der Waals surface area contributed by atoms with Crippen LogP contribution in [-0.4, -0.2) is 0 Å². The maximum absolute atomic E-state index is 2.37. The van der Waals surface area contributed by atoms with E-state index in [-0.39, 0.29) is 0 Å². The molecule has 0 aromatic carbocycles. The molecule has 0 atom stereocenters. The Labute approximate surface area is 71.4 Å². The van der Waals surface area contributed by atoms with E-state index < -0.39 is 0 Å². The minimum atomic E-state index is 0.781. The molecule has 0 amide bonds. The lowest BCUT2D eigenvalue weighted by atomic mass is 9.58. The van der Waals surface area contributed by atoms with Gasteiger partial charge in [0, 0.05) is 0 Å². The second kappa shape index (κ2) is 3.60. The summed E-state index contributed by atoms with van der Waals surface area (Å²) < 4.78 is 0. The average molecular weight is 154 g/mol. The molecule has 1 aliphatic carbocycles. The molecule has 0 heterocycles. The van der Waals surface area contributed by atoms with Crippen LogP contribution in [0.4, 0.5) is 0 Å². The Kier molecular flexibility index (Phi) is 2.98. The molecule has 0 N–H and O–H groups in total. The van der Waals surface area contributed by atoms with E-state index in [4.69, 9.17) is 0 Å². The first kappa shape index (κ1) is 9.09. The lowest BCUT2D eigenvalue weighted by molar-refractivity contribution is 0.0387. The molecule has 0 nitrogen and oxygen atoms in total. The van der Waals surface area contributed by atoms with Gasteiger partial charge in [0.15, 0.2) is 0 Å². The number of rotatable bonds is 4. The van der Waals surface area contributed by atoms with Crippen LogP contribution in [0.15, 0.2) is 0 Å². The average Bonchev–Trinajstić information content (AvgIpc) is 1.96. The zero-order chi connectivity index (χ0) is 8.32. The van der Waals surface area contributed by atoms with Gasteiger partial charge in [-0.2, -0.15) is 0 Å². The van der Waals surface area contributed by atoms with Gasteiger partial charge in [0.05, 0.1) is 0 Å². The lowest BCUT2D eigenvalue weighted by Gasteiger charge is -2.47. The summed E-state index contributed by atoms with van der Waals surface area (Å²) in [7, 11) is 0. The van der Waals surface area contributed by atoms with Gasteiger partial charge in [0.25, 0.3) is 0 Å².